The van der Waals surface area contributed by atoms with Crippen LogP contribution in [0.2, 0.25) is 0 Å². The quantitative estimate of drug-likeness (QED) is 0.532. The smallest absolute Gasteiger partial charge is 0.307 e. The lowest BCUT2D eigenvalue weighted by Crippen LogP contribution is -1.94. The number of carboxylic acids is 1. The van der Waals surface area contributed by atoms with Crippen molar-refractivity contribution in [3.05, 3.63) is 36.3 Å². The molecule has 0 atom stereocenters. The van der Waals surface area contributed by atoms with Crippen molar-refractivity contribution >= 4 is 17.6 Å². The third-order valence-corrected chi connectivity index (χ3v) is 1.23. The standard InChI is InChI=1S/C8H9ClO3/c1-2-12-4-3-7(6-9)5-8(10)11/h2-4,6H,1,5H2,(H,10,11). The predicted octanol–water partition coefficient (Wildman–Crippen LogP) is 2.26. The van der Waals surface area contributed by atoms with Crippen LogP contribution in [0.3, 0.4) is 0 Å². The van der Waals surface area contributed by atoms with E-state index in [1.807, 2.05) is 0 Å². The molecule has 0 unspecified atom stereocenters. The lowest BCUT2D eigenvalue weighted by atomic mass is 10.2. The van der Waals surface area contributed by atoms with Crippen molar-refractivity contribution in [2.45, 2.75) is 6.42 Å². The van der Waals surface area contributed by atoms with Crippen LogP contribution < -0.4 is 0 Å². The van der Waals surface area contributed by atoms with Gasteiger partial charge >= 0.3 is 5.97 Å². The summed E-state index contributed by atoms with van der Waals surface area (Å²) in [4.78, 5) is 10.2. The molecule has 12 heavy (non-hydrogen) atoms. The first-order valence-electron chi connectivity index (χ1n) is 3.14. The zero-order valence-corrected chi connectivity index (χ0v) is 7.12. The van der Waals surface area contributed by atoms with Gasteiger partial charge in [-0.15, -0.1) is 0 Å². The lowest BCUT2D eigenvalue weighted by Gasteiger charge is -1.94. The van der Waals surface area contributed by atoms with E-state index >= 15 is 0 Å². The van der Waals surface area contributed by atoms with Crippen LogP contribution in [0.4, 0.5) is 0 Å². The number of hydrogen-bond acceptors (Lipinski definition) is 2. The van der Waals surface area contributed by atoms with Crippen molar-refractivity contribution in [3.63, 3.8) is 0 Å². The second kappa shape index (κ2) is 6.49. The van der Waals surface area contributed by atoms with Gasteiger partial charge in [0.15, 0.2) is 0 Å². The summed E-state index contributed by atoms with van der Waals surface area (Å²) in [6.07, 6.45) is 3.87. The van der Waals surface area contributed by atoms with Crippen molar-refractivity contribution in [1.29, 1.82) is 0 Å². The molecule has 0 bridgehead atoms. The topological polar surface area (TPSA) is 46.5 Å². The Morgan fingerprint density at radius 2 is 2.33 bits per heavy atom. The maximum absolute atomic E-state index is 10.2. The summed E-state index contributed by atoms with van der Waals surface area (Å²) < 4.78 is 4.64. The number of hydrogen-bond donors (Lipinski definition) is 1. The van der Waals surface area contributed by atoms with Gasteiger partial charge in [-0.1, -0.05) is 18.2 Å². The van der Waals surface area contributed by atoms with E-state index in [-0.39, 0.29) is 6.42 Å². The summed E-state index contributed by atoms with van der Waals surface area (Å²) in [5, 5.41) is 8.38. The Labute approximate surface area is 75.6 Å². The average molecular weight is 189 g/mol. The molecule has 0 aliphatic rings. The first-order chi connectivity index (χ1) is 5.70. The maximum atomic E-state index is 10.2. The van der Waals surface area contributed by atoms with Gasteiger partial charge < -0.3 is 9.84 Å². The summed E-state index contributed by atoms with van der Waals surface area (Å²) in [7, 11) is 0. The molecule has 0 aromatic carbocycles. The van der Waals surface area contributed by atoms with Crippen LogP contribution in [-0.2, 0) is 9.53 Å². The van der Waals surface area contributed by atoms with Gasteiger partial charge in [0.05, 0.1) is 18.9 Å². The molecule has 0 spiro atoms. The molecule has 0 radical (unpaired) electrons. The molecule has 1 N–H and O–H groups in total. The van der Waals surface area contributed by atoms with Crippen molar-refractivity contribution in [2.75, 3.05) is 0 Å². The minimum atomic E-state index is -0.940. The molecule has 0 aliphatic heterocycles. The van der Waals surface area contributed by atoms with E-state index in [4.69, 9.17) is 16.7 Å². The highest BCUT2D eigenvalue weighted by molar-refractivity contribution is 6.26. The highest BCUT2D eigenvalue weighted by Gasteiger charge is 1.98. The monoisotopic (exact) mass is 188 g/mol. The molecule has 0 aliphatic carbocycles. The van der Waals surface area contributed by atoms with E-state index in [0.717, 1.165) is 0 Å². The minimum absolute atomic E-state index is 0.125. The Kier molecular flexibility index (Phi) is 5.83. The number of halogens is 1. The van der Waals surface area contributed by atoms with E-state index in [2.05, 4.69) is 11.3 Å². The molecule has 0 heterocycles. The molecule has 0 aromatic heterocycles. The van der Waals surface area contributed by atoms with Gasteiger partial charge in [0, 0.05) is 5.54 Å². The Morgan fingerprint density at radius 1 is 1.67 bits per heavy atom. The van der Waals surface area contributed by atoms with Crippen LogP contribution in [0.15, 0.2) is 36.3 Å². The van der Waals surface area contributed by atoms with Gasteiger partial charge in [0.25, 0.3) is 0 Å². The number of aliphatic carboxylic acids is 1. The van der Waals surface area contributed by atoms with E-state index in [9.17, 15) is 4.79 Å². The third kappa shape index (κ3) is 5.56. The minimum Gasteiger partial charge on any atom is -0.481 e. The van der Waals surface area contributed by atoms with Crippen LogP contribution >= 0.6 is 11.6 Å². The molecule has 0 rings (SSSR count). The summed E-state index contributed by atoms with van der Waals surface area (Å²) in [6.45, 7) is 3.30. The van der Waals surface area contributed by atoms with E-state index in [0.29, 0.717) is 5.57 Å². The lowest BCUT2D eigenvalue weighted by molar-refractivity contribution is -0.136. The van der Waals surface area contributed by atoms with Crippen molar-refractivity contribution in [3.8, 4) is 0 Å². The average Bonchev–Trinajstić information content (AvgIpc) is 2.02. The number of carbonyl (C=O) groups is 1. The SMILES string of the molecule is C=COC=CC(=CCl)CC(=O)O. The number of carboxylic acid groups (broad SMARTS) is 1. The summed E-state index contributed by atoms with van der Waals surface area (Å²) in [6, 6.07) is 0. The van der Waals surface area contributed by atoms with Crippen LogP contribution in [-0.4, -0.2) is 11.1 Å². The molecular formula is C8H9ClO3. The third-order valence-electron chi connectivity index (χ3n) is 0.952. The molecule has 4 heteroatoms. The van der Waals surface area contributed by atoms with Gasteiger partial charge in [-0.05, 0) is 11.6 Å². The molecule has 0 saturated carbocycles. The fraction of sp³-hybridized carbons (Fsp3) is 0.125. The van der Waals surface area contributed by atoms with Gasteiger partial charge in [-0.3, -0.25) is 4.79 Å². The van der Waals surface area contributed by atoms with E-state index in [1.165, 1.54) is 24.1 Å². The summed E-state index contributed by atoms with van der Waals surface area (Å²) >= 11 is 5.33. The Morgan fingerprint density at radius 3 is 2.75 bits per heavy atom. The molecule has 3 nitrogen and oxygen atoms in total. The highest BCUT2D eigenvalue weighted by atomic mass is 35.5. The first-order valence-corrected chi connectivity index (χ1v) is 3.58. The Bertz CT molecular complexity index is 218. The molecule has 0 fully saturated rings. The Hall–Kier alpha value is -1.22. The zero-order chi connectivity index (χ0) is 9.40. The largest absolute Gasteiger partial charge is 0.481 e. The van der Waals surface area contributed by atoms with E-state index < -0.39 is 5.97 Å². The molecule has 0 aromatic rings. The maximum Gasteiger partial charge on any atom is 0.307 e. The van der Waals surface area contributed by atoms with Gasteiger partial charge in [0.2, 0.25) is 0 Å². The van der Waals surface area contributed by atoms with Crippen molar-refractivity contribution in [2.24, 2.45) is 0 Å². The molecule has 0 amide bonds. The second-order valence-corrected chi connectivity index (χ2v) is 2.08. The molecule has 66 valence electrons. The molecular weight excluding hydrogens is 180 g/mol. The van der Waals surface area contributed by atoms with Crippen LogP contribution in [0, 0.1) is 0 Å². The second-order valence-electron chi connectivity index (χ2n) is 1.86. The van der Waals surface area contributed by atoms with Crippen molar-refractivity contribution in [1.82, 2.24) is 0 Å². The Balaban J connectivity index is 4.00. The van der Waals surface area contributed by atoms with Crippen molar-refractivity contribution < 1.29 is 14.6 Å². The normalized spacial score (nSPS) is 11.6. The number of ether oxygens (including phenoxy) is 1. The van der Waals surface area contributed by atoms with Gasteiger partial charge in [0.1, 0.15) is 0 Å². The van der Waals surface area contributed by atoms with Crippen LogP contribution in [0.25, 0.3) is 0 Å². The fourth-order valence-corrected chi connectivity index (χ4v) is 0.641. The summed E-state index contributed by atoms with van der Waals surface area (Å²) in [5.74, 6) is -0.940. The van der Waals surface area contributed by atoms with Gasteiger partial charge in [-0.25, -0.2) is 0 Å². The van der Waals surface area contributed by atoms with Crippen LogP contribution in [0.5, 0.6) is 0 Å². The van der Waals surface area contributed by atoms with Gasteiger partial charge in [-0.2, -0.15) is 0 Å². The number of allylic oxidation sites excluding steroid dienone is 1. The predicted molar refractivity (Wildman–Crippen MR) is 46.6 cm³/mol. The highest BCUT2D eigenvalue weighted by Crippen LogP contribution is 2.05. The van der Waals surface area contributed by atoms with E-state index in [1.54, 1.807) is 0 Å². The zero-order valence-electron chi connectivity index (χ0n) is 6.37. The van der Waals surface area contributed by atoms with Crippen LogP contribution in [0.1, 0.15) is 6.42 Å². The fourth-order valence-electron chi connectivity index (χ4n) is 0.491. The first kappa shape index (κ1) is 10.8. The molecule has 0 saturated heterocycles. The summed E-state index contributed by atoms with van der Waals surface area (Å²) in [5.41, 5.74) is 1.66. The number of rotatable bonds is 5.